The van der Waals surface area contributed by atoms with Crippen LogP contribution in [0.15, 0.2) is 134 Å². The van der Waals surface area contributed by atoms with Gasteiger partial charge in [0.2, 0.25) is 17.0 Å². The maximum Gasteiger partial charge on any atom is 0.369 e. The average Bonchev–Trinajstić information content (AvgIpc) is 3.86. The summed E-state index contributed by atoms with van der Waals surface area (Å²) in [4.78, 5) is 5.19. The summed E-state index contributed by atoms with van der Waals surface area (Å²) in [5, 5.41) is 1.16. The van der Waals surface area contributed by atoms with Crippen molar-refractivity contribution in [3.63, 3.8) is 0 Å². The number of quaternary nitrogens is 1. The molecular formula is C43H25N6O+3. The summed E-state index contributed by atoms with van der Waals surface area (Å²) >= 11 is 0. The van der Waals surface area contributed by atoms with Gasteiger partial charge < -0.3 is 4.74 Å². The quantitative estimate of drug-likeness (QED) is 0.125. The van der Waals surface area contributed by atoms with Crippen LogP contribution in [0.4, 0.5) is 11.4 Å². The molecule has 6 aromatic carbocycles. The van der Waals surface area contributed by atoms with E-state index in [-0.39, 0.29) is 0 Å². The molecule has 7 nitrogen and oxygen atoms in total. The zero-order chi connectivity index (χ0) is 32.2. The van der Waals surface area contributed by atoms with Crippen LogP contribution in [0.5, 0.6) is 11.5 Å². The Morgan fingerprint density at radius 2 is 1.40 bits per heavy atom. The lowest BCUT2D eigenvalue weighted by molar-refractivity contribution is -1.01. The highest BCUT2D eigenvalue weighted by Gasteiger charge is 2.71. The summed E-state index contributed by atoms with van der Waals surface area (Å²) in [5.74, 6) is 2.87. The maximum atomic E-state index is 7.05. The molecule has 0 N–H and O–H groups in total. The SMILES string of the molecule is Cn1c2[n+](c3ccccc31)[N+]13c4c(cccc4-2)Oc2ccc4c(c21)-n1c2c(cccc2c2ncc[n+]3c21)C41c2ccccc2-c2ccccc21. The van der Waals surface area contributed by atoms with E-state index in [2.05, 4.69) is 153 Å². The highest BCUT2D eigenvalue weighted by molar-refractivity contribution is 6.11. The predicted molar refractivity (Wildman–Crippen MR) is 191 cm³/mol. The van der Waals surface area contributed by atoms with Gasteiger partial charge in [-0.3, -0.25) is 0 Å². The van der Waals surface area contributed by atoms with Crippen LogP contribution in [0.2, 0.25) is 0 Å². The standard InChI is InChI=1S/C43H25N6O/c1-45-32-17-6-7-18-33(32)48-41(45)27-13-9-19-34-39(27)49(48)40-35(50-34)21-20-31-38(40)47-37-26(36-42(47)46(49)23-22-44-36)12-8-16-30(37)43(31)28-14-4-2-10-24(28)25-11-3-5-15-29(25)43/h2-23H,1H3/q+3. The summed E-state index contributed by atoms with van der Waals surface area (Å²) < 4.78 is 17.2. The third-order valence-electron chi connectivity index (χ3n) is 12.3. The van der Waals surface area contributed by atoms with Gasteiger partial charge in [-0.1, -0.05) is 78.9 Å². The Morgan fingerprint density at radius 1 is 0.680 bits per heavy atom. The Morgan fingerprint density at radius 3 is 2.26 bits per heavy atom. The summed E-state index contributed by atoms with van der Waals surface area (Å²) in [6, 6.07) is 44.8. The number of hydrogen-bond donors (Lipinski definition) is 0. The fourth-order valence-corrected chi connectivity index (χ4v) is 10.8. The zero-order valence-corrected chi connectivity index (χ0v) is 26.8. The molecule has 7 heterocycles. The van der Waals surface area contributed by atoms with Gasteiger partial charge in [0.05, 0.1) is 28.7 Å². The molecule has 230 valence electrons. The molecule has 0 fully saturated rings. The summed E-state index contributed by atoms with van der Waals surface area (Å²) in [6.07, 6.45) is 4.15. The number of imidazole rings is 1. The number of para-hydroxylation sites is 4. The molecule has 0 saturated carbocycles. The number of hydrogen-bond acceptors (Lipinski definition) is 2. The van der Waals surface area contributed by atoms with Crippen LogP contribution >= 0.6 is 0 Å². The molecule has 3 aromatic heterocycles. The second-order valence-corrected chi connectivity index (χ2v) is 14.2. The van der Waals surface area contributed by atoms with Crippen LogP contribution in [0.3, 0.4) is 0 Å². The minimum atomic E-state index is -0.542. The molecule has 0 amide bonds. The Hall–Kier alpha value is -6.57. The van der Waals surface area contributed by atoms with Crippen molar-refractivity contribution in [3.05, 3.63) is 156 Å². The second-order valence-electron chi connectivity index (χ2n) is 14.2. The van der Waals surface area contributed by atoms with Crippen molar-refractivity contribution in [2.24, 2.45) is 7.05 Å². The molecule has 5 aliphatic rings. The van der Waals surface area contributed by atoms with E-state index in [1.54, 1.807) is 0 Å². The van der Waals surface area contributed by atoms with E-state index >= 15 is 0 Å². The lowest BCUT2D eigenvalue weighted by Gasteiger charge is -2.40. The third-order valence-corrected chi connectivity index (χ3v) is 12.3. The molecule has 0 bridgehead atoms. The first-order chi connectivity index (χ1) is 24.8. The van der Waals surface area contributed by atoms with Crippen LogP contribution < -0.4 is 18.8 Å². The second kappa shape index (κ2) is 7.52. The van der Waals surface area contributed by atoms with Crippen molar-refractivity contribution in [3.8, 4) is 39.7 Å². The van der Waals surface area contributed by atoms with E-state index in [4.69, 9.17) is 9.72 Å². The number of benzene rings is 6. The van der Waals surface area contributed by atoms with Gasteiger partial charge in [-0.2, -0.15) is 4.57 Å². The van der Waals surface area contributed by atoms with Crippen molar-refractivity contribution < 1.29 is 14.1 Å². The number of aromatic nitrogens is 5. The third kappa shape index (κ3) is 2.15. The van der Waals surface area contributed by atoms with E-state index < -0.39 is 5.41 Å². The van der Waals surface area contributed by atoms with E-state index in [0.29, 0.717) is 4.70 Å². The van der Waals surface area contributed by atoms with Crippen molar-refractivity contribution in [2.45, 2.75) is 5.41 Å². The number of nitrogens with zero attached hydrogens (tertiary/aromatic N) is 6. The number of ether oxygens (including phenoxy) is 1. The number of rotatable bonds is 0. The molecule has 9 aromatic rings. The van der Waals surface area contributed by atoms with Crippen molar-refractivity contribution in [2.75, 3.05) is 0 Å². The highest BCUT2D eigenvalue weighted by atomic mass is 16.5. The van der Waals surface area contributed by atoms with Gasteiger partial charge in [0.25, 0.3) is 5.69 Å². The van der Waals surface area contributed by atoms with E-state index in [1.165, 1.54) is 50.1 Å². The summed E-state index contributed by atoms with van der Waals surface area (Å²) in [7, 11) is 2.19. The van der Waals surface area contributed by atoms with Gasteiger partial charge in [-0.15, -0.1) is 0 Å². The molecule has 1 aliphatic carbocycles. The maximum absolute atomic E-state index is 7.05. The molecule has 0 saturated heterocycles. The molecule has 14 rings (SSSR count). The zero-order valence-electron chi connectivity index (χ0n) is 26.8. The highest BCUT2D eigenvalue weighted by Crippen LogP contribution is 2.66. The van der Waals surface area contributed by atoms with E-state index in [9.17, 15) is 0 Å². The molecule has 1 unspecified atom stereocenters. The van der Waals surface area contributed by atoms with E-state index in [1.807, 2.05) is 6.20 Å². The van der Waals surface area contributed by atoms with Crippen molar-refractivity contribution in [1.29, 1.82) is 0 Å². The minimum absolute atomic E-state index is 0.310. The van der Waals surface area contributed by atoms with Crippen LogP contribution in [-0.2, 0) is 12.5 Å². The van der Waals surface area contributed by atoms with Crippen LogP contribution in [0.25, 0.3) is 61.3 Å². The monoisotopic (exact) mass is 641 g/mol. The number of aryl methyl sites for hydroxylation is 1. The van der Waals surface area contributed by atoms with Gasteiger partial charge in [0, 0.05) is 15.8 Å². The molecule has 7 heteroatoms. The van der Waals surface area contributed by atoms with Gasteiger partial charge in [-0.25, -0.2) is 9.55 Å². The van der Waals surface area contributed by atoms with Gasteiger partial charge in [-0.05, 0) is 69.4 Å². The Labute approximate surface area is 284 Å². The van der Waals surface area contributed by atoms with Crippen LogP contribution in [0.1, 0.15) is 22.3 Å². The molecule has 1 atom stereocenters. The van der Waals surface area contributed by atoms with Gasteiger partial charge in [0.15, 0.2) is 23.0 Å². The molecule has 50 heavy (non-hydrogen) atoms. The Bertz CT molecular complexity index is 3120. The number of fused-ring (bicyclic) bond motifs is 12. The first kappa shape index (κ1) is 24.6. The predicted octanol–water partition coefficient (Wildman–Crippen LogP) is 7.89. The van der Waals surface area contributed by atoms with Crippen LogP contribution in [0, 0.1) is 0 Å². The Balaban J connectivity index is 1.32. The topological polar surface area (TPSA) is 39.7 Å². The summed E-state index contributed by atoms with van der Waals surface area (Å²) in [6.45, 7) is 0. The lowest BCUT2D eigenvalue weighted by atomic mass is 9.65. The van der Waals surface area contributed by atoms with Crippen LogP contribution in [-0.4, -0.2) is 14.1 Å². The first-order valence-electron chi connectivity index (χ1n) is 17.2. The largest absolute Gasteiger partial charge is 0.444 e. The molecule has 2 spiro atoms. The molecule has 0 radical (unpaired) electrons. The average molecular weight is 642 g/mol. The van der Waals surface area contributed by atoms with Gasteiger partial charge >= 0.3 is 17.2 Å². The van der Waals surface area contributed by atoms with Crippen molar-refractivity contribution >= 4 is 44.5 Å². The van der Waals surface area contributed by atoms with Crippen molar-refractivity contribution in [1.82, 2.24) is 18.8 Å². The fraction of sp³-hybridized carbons (Fsp3) is 0.0465. The molecular weight excluding hydrogens is 617 g/mol. The van der Waals surface area contributed by atoms with E-state index in [0.717, 1.165) is 56.3 Å². The fourth-order valence-electron chi connectivity index (χ4n) is 10.8. The first-order valence-corrected chi connectivity index (χ1v) is 17.2. The molecule has 4 aliphatic heterocycles. The smallest absolute Gasteiger partial charge is 0.369 e. The lowest BCUT2D eigenvalue weighted by Crippen LogP contribution is -2.84. The normalized spacial score (nSPS) is 18.1. The minimum Gasteiger partial charge on any atom is -0.444 e. The summed E-state index contributed by atoms with van der Waals surface area (Å²) in [5.41, 5.74) is 17.4. The Kier molecular flexibility index (Phi) is 3.69. The van der Waals surface area contributed by atoms with Gasteiger partial charge in [0.1, 0.15) is 11.1 Å².